The molecule has 1 saturated heterocycles. The molecule has 0 aromatic carbocycles. The van der Waals surface area contributed by atoms with Gasteiger partial charge in [-0.1, -0.05) is 32.5 Å². The summed E-state index contributed by atoms with van der Waals surface area (Å²) >= 11 is 0. The first-order chi connectivity index (χ1) is 9.66. The van der Waals surface area contributed by atoms with Crippen molar-refractivity contribution in [2.75, 3.05) is 6.61 Å². The number of rotatable bonds is 5. The van der Waals surface area contributed by atoms with Crippen LogP contribution in [0.1, 0.15) is 34.6 Å². The van der Waals surface area contributed by atoms with Crippen molar-refractivity contribution in [1.29, 1.82) is 0 Å². The van der Waals surface area contributed by atoms with Gasteiger partial charge in [0.05, 0.1) is 5.76 Å². The van der Waals surface area contributed by atoms with Gasteiger partial charge in [0.1, 0.15) is 31.0 Å². The number of azide groups is 1. The summed E-state index contributed by atoms with van der Waals surface area (Å²) in [4.78, 5) is 13.8. The first kappa shape index (κ1) is 17.3. The molecule has 0 aromatic heterocycles. The maximum atomic E-state index is 11.0. The molecule has 1 aliphatic heterocycles. The second kappa shape index (κ2) is 6.83. The zero-order valence-electron chi connectivity index (χ0n) is 13.2. The summed E-state index contributed by atoms with van der Waals surface area (Å²) in [5.74, 6) is 0.110. The van der Waals surface area contributed by atoms with Crippen molar-refractivity contribution >= 4 is 5.97 Å². The van der Waals surface area contributed by atoms with Gasteiger partial charge in [0.15, 0.2) is 0 Å². The van der Waals surface area contributed by atoms with Crippen molar-refractivity contribution in [3.05, 3.63) is 22.8 Å². The average molecular weight is 297 g/mol. The van der Waals surface area contributed by atoms with Crippen LogP contribution in [0.4, 0.5) is 0 Å². The number of ether oxygens (including phenoxy) is 3. The van der Waals surface area contributed by atoms with Crippen LogP contribution in [-0.2, 0) is 19.0 Å². The Kier molecular flexibility index (Phi) is 5.63. The van der Waals surface area contributed by atoms with Crippen molar-refractivity contribution in [2.24, 2.45) is 10.5 Å². The summed E-state index contributed by atoms with van der Waals surface area (Å²) < 4.78 is 16.7. The smallest absolute Gasteiger partial charge is 0.302 e. The molecule has 0 spiro atoms. The summed E-state index contributed by atoms with van der Waals surface area (Å²) in [7, 11) is 0. The standard InChI is InChI=1S/C14H23N3O4/c1-8(2)20-12-11(16-17-15)10(7-19-9(3)18)21-13(12)14(4,5)6/h10-13H,1,7H2,2-6H3/t10-,11+,12-,13-/m1/s1. The van der Waals surface area contributed by atoms with Gasteiger partial charge in [0.2, 0.25) is 0 Å². The van der Waals surface area contributed by atoms with Crippen LogP contribution in [0.5, 0.6) is 0 Å². The molecule has 0 unspecified atom stereocenters. The van der Waals surface area contributed by atoms with E-state index in [1.165, 1.54) is 6.92 Å². The van der Waals surface area contributed by atoms with Crippen LogP contribution in [0.25, 0.3) is 10.4 Å². The predicted octanol–water partition coefficient (Wildman–Crippen LogP) is 2.96. The van der Waals surface area contributed by atoms with E-state index in [-0.39, 0.29) is 18.1 Å². The molecule has 7 nitrogen and oxygen atoms in total. The van der Waals surface area contributed by atoms with Gasteiger partial charge in [-0.2, -0.15) is 0 Å². The summed E-state index contributed by atoms with van der Waals surface area (Å²) in [5.41, 5.74) is 8.55. The highest BCUT2D eigenvalue weighted by atomic mass is 16.6. The molecule has 7 heteroatoms. The quantitative estimate of drug-likeness (QED) is 0.256. The van der Waals surface area contributed by atoms with E-state index in [2.05, 4.69) is 16.6 Å². The minimum absolute atomic E-state index is 0.0294. The molecule has 0 saturated carbocycles. The van der Waals surface area contributed by atoms with E-state index in [9.17, 15) is 4.79 Å². The fourth-order valence-corrected chi connectivity index (χ4v) is 2.33. The second-order valence-electron chi connectivity index (χ2n) is 6.24. The number of carbonyl (C=O) groups excluding carboxylic acids is 1. The fraction of sp³-hybridized carbons (Fsp3) is 0.786. The third-order valence-corrected chi connectivity index (χ3v) is 3.16. The Labute approximate surface area is 124 Å². The van der Waals surface area contributed by atoms with Gasteiger partial charge in [-0.05, 0) is 17.9 Å². The zero-order chi connectivity index (χ0) is 16.2. The van der Waals surface area contributed by atoms with Gasteiger partial charge >= 0.3 is 5.97 Å². The van der Waals surface area contributed by atoms with Crippen LogP contribution < -0.4 is 0 Å². The topological polar surface area (TPSA) is 93.5 Å². The van der Waals surface area contributed by atoms with E-state index >= 15 is 0 Å². The molecule has 21 heavy (non-hydrogen) atoms. The molecule has 1 heterocycles. The Morgan fingerprint density at radius 1 is 1.43 bits per heavy atom. The van der Waals surface area contributed by atoms with E-state index in [1.807, 2.05) is 20.8 Å². The molecule has 1 aliphatic rings. The van der Waals surface area contributed by atoms with Gasteiger partial charge < -0.3 is 14.2 Å². The molecule has 0 aromatic rings. The maximum Gasteiger partial charge on any atom is 0.302 e. The summed E-state index contributed by atoms with van der Waals surface area (Å²) in [6.07, 6.45) is -1.29. The minimum atomic E-state index is -0.574. The first-order valence-electron chi connectivity index (χ1n) is 6.82. The van der Waals surface area contributed by atoms with Crippen LogP contribution >= 0.6 is 0 Å². The molecule has 0 amide bonds. The molecule has 1 fully saturated rings. The van der Waals surface area contributed by atoms with Crippen molar-refractivity contribution in [3.63, 3.8) is 0 Å². The average Bonchev–Trinajstić information content (AvgIpc) is 2.65. The van der Waals surface area contributed by atoms with E-state index in [0.29, 0.717) is 5.76 Å². The number of hydrogen-bond acceptors (Lipinski definition) is 5. The number of nitrogens with zero attached hydrogens (tertiary/aromatic N) is 3. The molecule has 4 atom stereocenters. The highest BCUT2D eigenvalue weighted by molar-refractivity contribution is 5.65. The molecule has 0 bridgehead atoms. The second-order valence-corrected chi connectivity index (χ2v) is 6.24. The lowest BCUT2D eigenvalue weighted by Crippen LogP contribution is -2.40. The van der Waals surface area contributed by atoms with Crippen molar-refractivity contribution in [1.82, 2.24) is 0 Å². The molecule has 0 N–H and O–H groups in total. The lowest BCUT2D eigenvalue weighted by molar-refractivity contribution is -0.146. The Morgan fingerprint density at radius 3 is 2.48 bits per heavy atom. The van der Waals surface area contributed by atoms with Crippen molar-refractivity contribution < 1.29 is 19.0 Å². The molecular weight excluding hydrogens is 274 g/mol. The molecule has 1 rings (SSSR count). The van der Waals surface area contributed by atoms with Gasteiger partial charge in [-0.15, -0.1) is 0 Å². The largest absolute Gasteiger partial charge is 0.492 e. The number of hydrogen-bond donors (Lipinski definition) is 0. The van der Waals surface area contributed by atoms with E-state index in [4.69, 9.17) is 19.7 Å². The normalized spacial score (nSPS) is 28.6. The van der Waals surface area contributed by atoms with Crippen molar-refractivity contribution in [3.8, 4) is 0 Å². The lowest BCUT2D eigenvalue weighted by Gasteiger charge is -2.32. The summed E-state index contributed by atoms with van der Waals surface area (Å²) in [5, 5.41) is 3.78. The van der Waals surface area contributed by atoms with Crippen LogP contribution in [0.2, 0.25) is 0 Å². The van der Waals surface area contributed by atoms with Gasteiger partial charge in [0, 0.05) is 11.8 Å². The van der Waals surface area contributed by atoms with E-state index < -0.39 is 24.2 Å². The van der Waals surface area contributed by atoms with Gasteiger partial charge in [0.25, 0.3) is 0 Å². The third-order valence-electron chi connectivity index (χ3n) is 3.16. The van der Waals surface area contributed by atoms with Gasteiger partial charge in [-0.25, -0.2) is 0 Å². The molecular formula is C14H23N3O4. The zero-order valence-corrected chi connectivity index (χ0v) is 13.2. The molecule has 0 aliphatic carbocycles. The Bertz CT molecular complexity index is 452. The first-order valence-corrected chi connectivity index (χ1v) is 6.82. The van der Waals surface area contributed by atoms with Crippen LogP contribution in [0.3, 0.4) is 0 Å². The fourth-order valence-electron chi connectivity index (χ4n) is 2.33. The monoisotopic (exact) mass is 297 g/mol. The summed E-state index contributed by atoms with van der Waals surface area (Å²) in [6, 6.07) is -0.574. The Hall–Kier alpha value is -1.72. The van der Waals surface area contributed by atoms with Crippen LogP contribution in [0, 0.1) is 5.41 Å². The maximum absolute atomic E-state index is 11.0. The highest BCUT2D eigenvalue weighted by Gasteiger charge is 2.50. The van der Waals surface area contributed by atoms with Crippen molar-refractivity contribution in [2.45, 2.75) is 59.0 Å². The molecule has 118 valence electrons. The minimum Gasteiger partial charge on any atom is -0.492 e. The SMILES string of the molecule is C=C(C)O[C@@H]1[C@@H](N=[N+]=[N-])[C@@H](COC(C)=O)O[C@H]1C(C)(C)C. The molecule has 0 radical (unpaired) electrons. The van der Waals surface area contributed by atoms with Crippen LogP contribution in [-0.4, -0.2) is 36.9 Å². The Balaban J connectivity index is 3.03. The third kappa shape index (κ3) is 4.65. The number of allylic oxidation sites excluding steroid dienone is 1. The van der Waals surface area contributed by atoms with Gasteiger partial charge in [-0.3, -0.25) is 4.79 Å². The lowest BCUT2D eigenvalue weighted by atomic mass is 9.84. The number of carbonyl (C=O) groups is 1. The summed E-state index contributed by atoms with van der Waals surface area (Å²) in [6.45, 7) is 12.8. The predicted molar refractivity (Wildman–Crippen MR) is 77.4 cm³/mol. The Morgan fingerprint density at radius 2 is 2.05 bits per heavy atom. The van der Waals surface area contributed by atoms with E-state index in [1.54, 1.807) is 6.92 Å². The highest BCUT2D eigenvalue weighted by Crippen LogP contribution is 2.38. The van der Waals surface area contributed by atoms with Crippen LogP contribution in [0.15, 0.2) is 17.5 Å². The van der Waals surface area contributed by atoms with E-state index in [0.717, 1.165) is 0 Å². The number of esters is 1.